The van der Waals surface area contributed by atoms with Crippen LogP contribution >= 0.6 is 0 Å². The highest BCUT2D eigenvalue weighted by Crippen LogP contribution is 2.26. The summed E-state index contributed by atoms with van der Waals surface area (Å²) in [5.41, 5.74) is 2.93. The van der Waals surface area contributed by atoms with Gasteiger partial charge in [-0.3, -0.25) is 0 Å². The van der Waals surface area contributed by atoms with Crippen LogP contribution in [0, 0.1) is 24.1 Å². The van der Waals surface area contributed by atoms with Gasteiger partial charge in [0.15, 0.2) is 5.65 Å². The first kappa shape index (κ1) is 14.2. The van der Waals surface area contributed by atoms with Crippen molar-refractivity contribution in [2.75, 3.05) is 0 Å². The second-order valence-corrected chi connectivity index (χ2v) is 5.18. The van der Waals surface area contributed by atoms with Crippen molar-refractivity contribution >= 4 is 11.2 Å². The largest absolute Gasteiger partial charge is 0.309 e. The molecule has 0 saturated heterocycles. The minimum absolute atomic E-state index is 0.309. The molecule has 0 aliphatic carbocycles. The van der Waals surface area contributed by atoms with Crippen LogP contribution in [-0.2, 0) is 6.54 Å². The third-order valence-electron chi connectivity index (χ3n) is 3.51. The maximum Gasteiger partial charge on any atom is 0.160 e. The van der Waals surface area contributed by atoms with Gasteiger partial charge in [-0.25, -0.2) is 14.4 Å². The van der Waals surface area contributed by atoms with Crippen molar-refractivity contribution in [3.05, 3.63) is 47.9 Å². The summed E-state index contributed by atoms with van der Waals surface area (Å²) in [7, 11) is 0. The fourth-order valence-corrected chi connectivity index (χ4v) is 2.49. The van der Waals surface area contributed by atoms with Crippen LogP contribution in [0.15, 0.2) is 36.5 Å². The van der Waals surface area contributed by atoms with E-state index in [9.17, 15) is 4.39 Å². The highest BCUT2D eigenvalue weighted by molar-refractivity contribution is 5.77. The summed E-state index contributed by atoms with van der Waals surface area (Å²) < 4.78 is 16.0. The predicted molar refractivity (Wildman–Crippen MR) is 82.5 cm³/mol. The van der Waals surface area contributed by atoms with Gasteiger partial charge in [0.25, 0.3) is 0 Å². The quantitative estimate of drug-likeness (QED) is 0.687. The van der Waals surface area contributed by atoms with Gasteiger partial charge in [0, 0.05) is 19.2 Å². The van der Waals surface area contributed by atoms with E-state index in [-0.39, 0.29) is 5.82 Å². The number of hydrogen-bond donors (Lipinski definition) is 0. The number of aryl methyl sites for hydroxylation is 2. The van der Waals surface area contributed by atoms with E-state index >= 15 is 0 Å². The van der Waals surface area contributed by atoms with Gasteiger partial charge in [-0.1, -0.05) is 12.1 Å². The molecular formula is C17H15FN4. The molecule has 0 spiro atoms. The lowest BCUT2D eigenvalue weighted by molar-refractivity contribution is 0.623. The Labute approximate surface area is 127 Å². The first-order chi connectivity index (χ1) is 10.7. The maximum atomic E-state index is 14.1. The molecule has 0 aliphatic heterocycles. The highest BCUT2D eigenvalue weighted by Gasteiger charge is 2.16. The number of benzene rings is 1. The topological polar surface area (TPSA) is 54.5 Å². The average Bonchev–Trinajstić information content (AvgIpc) is 2.85. The van der Waals surface area contributed by atoms with E-state index < -0.39 is 0 Å². The van der Waals surface area contributed by atoms with Crippen LogP contribution in [0.25, 0.3) is 22.6 Å². The minimum atomic E-state index is -0.309. The molecule has 0 N–H and O–H groups in total. The number of hydrogen-bond acceptors (Lipinski definition) is 3. The molecule has 0 fully saturated rings. The molecule has 2 aromatic heterocycles. The van der Waals surface area contributed by atoms with Crippen molar-refractivity contribution in [3.63, 3.8) is 0 Å². The van der Waals surface area contributed by atoms with Gasteiger partial charge in [-0.2, -0.15) is 5.26 Å². The van der Waals surface area contributed by atoms with Gasteiger partial charge >= 0.3 is 0 Å². The first-order valence-electron chi connectivity index (χ1n) is 7.15. The second-order valence-electron chi connectivity index (χ2n) is 5.18. The van der Waals surface area contributed by atoms with Crippen molar-refractivity contribution in [3.8, 4) is 17.5 Å². The third-order valence-corrected chi connectivity index (χ3v) is 3.51. The second kappa shape index (κ2) is 5.94. The molecule has 0 saturated carbocycles. The summed E-state index contributed by atoms with van der Waals surface area (Å²) in [4.78, 5) is 8.99. The molecule has 0 atom stereocenters. The summed E-state index contributed by atoms with van der Waals surface area (Å²) in [5.74, 6) is 0.250. The van der Waals surface area contributed by atoms with E-state index in [1.54, 1.807) is 24.4 Å². The van der Waals surface area contributed by atoms with Crippen LogP contribution in [0.2, 0.25) is 0 Å². The number of unbranched alkanes of at least 4 members (excludes halogenated alkanes) is 1. The molecule has 0 bridgehead atoms. The van der Waals surface area contributed by atoms with Crippen LogP contribution in [0.1, 0.15) is 18.4 Å². The molecule has 4 nitrogen and oxygen atoms in total. The summed E-state index contributed by atoms with van der Waals surface area (Å²) in [6, 6.07) is 10.6. The van der Waals surface area contributed by atoms with Gasteiger partial charge in [0.05, 0.1) is 11.6 Å². The van der Waals surface area contributed by atoms with Crippen LogP contribution in [0.4, 0.5) is 4.39 Å². The van der Waals surface area contributed by atoms with Crippen molar-refractivity contribution in [1.82, 2.24) is 14.5 Å². The Morgan fingerprint density at radius 3 is 2.91 bits per heavy atom. The molecule has 3 rings (SSSR count). The normalized spacial score (nSPS) is 10.8. The minimum Gasteiger partial charge on any atom is -0.309 e. The Kier molecular flexibility index (Phi) is 3.84. The van der Waals surface area contributed by atoms with E-state index in [4.69, 9.17) is 5.26 Å². The fraction of sp³-hybridized carbons (Fsp3) is 0.235. The molecule has 1 aromatic carbocycles. The molecular weight excluding hydrogens is 279 g/mol. The number of nitrogens with zero attached hydrogens (tertiary/aromatic N) is 4. The van der Waals surface area contributed by atoms with E-state index in [0.717, 1.165) is 16.7 Å². The summed E-state index contributed by atoms with van der Waals surface area (Å²) in [6.45, 7) is 2.54. The van der Waals surface area contributed by atoms with E-state index in [1.165, 1.54) is 6.07 Å². The van der Waals surface area contributed by atoms with Gasteiger partial charge in [-0.05, 0) is 37.1 Å². The van der Waals surface area contributed by atoms with Gasteiger partial charge in [0.1, 0.15) is 17.2 Å². The maximum absolute atomic E-state index is 14.1. The van der Waals surface area contributed by atoms with Crippen molar-refractivity contribution in [2.24, 2.45) is 0 Å². The third kappa shape index (κ3) is 2.56. The Morgan fingerprint density at radius 1 is 1.32 bits per heavy atom. The summed E-state index contributed by atoms with van der Waals surface area (Å²) in [6.07, 6.45) is 2.90. The molecule has 0 aliphatic rings. The lowest BCUT2D eigenvalue weighted by atomic mass is 10.2. The molecule has 2 heterocycles. The number of nitriles is 1. The van der Waals surface area contributed by atoms with E-state index in [2.05, 4.69) is 16.0 Å². The van der Waals surface area contributed by atoms with Gasteiger partial charge < -0.3 is 4.57 Å². The Hall–Kier alpha value is -2.74. The monoisotopic (exact) mass is 294 g/mol. The Bertz CT molecular complexity index is 861. The summed E-state index contributed by atoms with van der Waals surface area (Å²) >= 11 is 0. The molecule has 0 radical (unpaired) electrons. The molecule has 0 amide bonds. The predicted octanol–water partition coefficient (Wildman–Crippen LogP) is 3.85. The average molecular weight is 294 g/mol. The van der Waals surface area contributed by atoms with Crippen LogP contribution in [0.5, 0.6) is 0 Å². The SMILES string of the molecule is Cc1cnc2c(c1)nc(-c1ccccc1F)n2CCCC#N. The zero-order chi connectivity index (χ0) is 15.5. The zero-order valence-corrected chi connectivity index (χ0v) is 12.3. The van der Waals surface area contributed by atoms with E-state index in [1.807, 2.05) is 17.6 Å². The molecule has 22 heavy (non-hydrogen) atoms. The number of imidazole rings is 1. The van der Waals surface area contributed by atoms with Crippen molar-refractivity contribution in [1.29, 1.82) is 5.26 Å². The van der Waals surface area contributed by atoms with Gasteiger partial charge in [-0.15, -0.1) is 0 Å². The lowest BCUT2D eigenvalue weighted by Gasteiger charge is -2.08. The summed E-state index contributed by atoms with van der Waals surface area (Å²) in [5, 5.41) is 8.72. The molecule has 110 valence electrons. The first-order valence-corrected chi connectivity index (χ1v) is 7.15. The number of halogens is 1. The van der Waals surface area contributed by atoms with E-state index in [0.29, 0.717) is 30.8 Å². The number of pyridine rings is 1. The Morgan fingerprint density at radius 2 is 2.14 bits per heavy atom. The molecule has 5 heteroatoms. The van der Waals surface area contributed by atoms with Crippen molar-refractivity contribution < 1.29 is 4.39 Å². The van der Waals surface area contributed by atoms with Gasteiger partial charge in [0.2, 0.25) is 0 Å². The lowest BCUT2D eigenvalue weighted by Crippen LogP contribution is -2.02. The highest BCUT2D eigenvalue weighted by atomic mass is 19.1. The fourth-order valence-electron chi connectivity index (χ4n) is 2.49. The molecule has 0 unspecified atom stereocenters. The van der Waals surface area contributed by atoms with Crippen LogP contribution < -0.4 is 0 Å². The standard InChI is InChI=1S/C17H15FN4/c1-12-10-15-17(20-11-12)22(9-5-4-8-19)16(21-15)13-6-2-3-7-14(13)18/h2-3,6-7,10-11H,4-5,9H2,1H3. The van der Waals surface area contributed by atoms with Crippen LogP contribution in [-0.4, -0.2) is 14.5 Å². The van der Waals surface area contributed by atoms with Crippen molar-refractivity contribution in [2.45, 2.75) is 26.3 Å². The zero-order valence-electron chi connectivity index (χ0n) is 12.3. The number of aromatic nitrogens is 3. The Balaban J connectivity index is 2.17. The smallest absolute Gasteiger partial charge is 0.160 e. The number of rotatable bonds is 4. The van der Waals surface area contributed by atoms with Crippen LogP contribution in [0.3, 0.4) is 0 Å². The molecule has 3 aromatic rings. The number of fused-ring (bicyclic) bond motifs is 1.